The summed E-state index contributed by atoms with van der Waals surface area (Å²) in [5.41, 5.74) is 6.36. The molecule has 2 amide bonds. The minimum atomic E-state index is -0.926. The van der Waals surface area contributed by atoms with Crippen molar-refractivity contribution in [3.63, 3.8) is 0 Å². The zero-order valence-corrected chi connectivity index (χ0v) is 10.8. The standard InChI is InChI=1S/C11H10N4O3S/c1-14-4-7-9(18-11(12)17)13-5-15(7)6-2-3-19-8(6)10(14)16/h2-3,5H,4H2,1H3,(H2,12,17). The number of thiophene rings is 1. The number of nitrogens with zero attached hydrogens (tertiary/aromatic N) is 3. The molecule has 3 heterocycles. The zero-order valence-electron chi connectivity index (χ0n) is 9.99. The molecular weight excluding hydrogens is 268 g/mol. The van der Waals surface area contributed by atoms with Gasteiger partial charge in [-0.1, -0.05) is 0 Å². The molecule has 7 nitrogen and oxygen atoms in total. The van der Waals surface area contributed by atoms with Gasteiger partial charge in [0.15, 0.2) is 0 Å². The molecular formula is C11H10N4O3S. The molecule has 1 aliphatic heterocycles. The number of ether oxygens (including phenoxy) is 1. The second-order valence-corrected chi connectivity index (χ2v) is 5.00. The highest BCUT2D eigenvalue weighted by atomic mass is 32.1. The lowest BCUT2D eigenvalue weighted by Gasteiger charge is -2.13. The summed E-state index contributed by atoms with van der Waals surface area (Å²) >= 11 is 1.37. The van der Waals surface area contributed by atoms with E-state index < -0.39 is 6.09 Å². The molecule has 0 fully saturated rings. The van der Waals surface area contributed by atoms with Crippen LogP contribution in [0.4, 0.5) is 4.79 Å². The number of nitrogens with two attached hydrogens (primary N) is 1. The van der Waals surface area contributed by atoms with Gasteiger partial charge in [-0.05, 0) is 11.4 Å². The topological polar surface area (TPSA) is 90.4 Å². The Kier molecular flexibility index (Phi) is 2.53. The maximum Gasteiger partial charge on any atom is 0.411 e. The molecule has 0 saturated heterocycles. The molecule has 3 rings (SSSR count). The summed E-state index contributed by atoms with van der Waals surface area (Å²) in [6.45, 7) is 0.294. The number of hydrogen-bond donors (Lipinski definition) is 1. The van der Waals surface area contributed by atoms with Gasteiger partial charge in [0, 0.05) is 7.05 Å². The van der Waals surface area contributed by atoms with E-state index in [1.165, 1.54) is 17.7 Å². The Morgan fingerprint density at radius 3 is 3.11 bits per heavy atom. The molecule has 0 saturated carbocycles. The van der Waals surface area contributed by atoms with Crippen molar-refractivity contribution < 1.29 is 14.3 Å². The van der Waals surface area contributed by atoms with E-state index in [1.54, 1.807) is 16.5 Å². The van der Waals surface area contributed by atoms with Gasteiger partial charge in [-0.3, -0.25) is 9.36 Å². The highest BCUT2D eigenvalue weighted by Gasteiger charge is 2.28. The number of hydrogen-bond acceptors (Lipinski definition) is 5. The molecule has 0 aromatic carbocycles. The molecule has 19 heavy (non-hydrogen) atoms. The van der Waals surface area contributed by atoms with Gasteiger partial charge in [-0.25, -0.2) is 9.78 Å². The van der Waals surface area contributed by atoms with Crippen LogP contribution in [-0.2, 0) is 6.54 Å². The van der Waals surface area contributed by atoms with Crippen LogP contribution in [0, 0.1) is 0 Å². The van der Waals surface area contributed by atoms with Crippen molar-refractivity contribution in [1.29, 1.82) is 0 Å². The summed E-state index contributed by atoms with van der Waals surface area (Å²) in [6, 6.07) is 1.83. The lowest BCUT2D eigenvalue weighted by atomic mass is 10.3. The van der Waals surface area contributed by atoms with Crippen LogP contribution in [0.3, 0.4) is 0 Å². The second-order valence-electron chi connectivity index (χ2n) is 4.08. The van der Waals surface area contributed by atoms with Crippen molar-refractivity contribution in [3.8, 4) is 11.6 Å². The maximum atomic E-state index is 12.2. The van der Waals surface area contributed by atoms with E-state index >= 15 is 0 Å². The average molecular weight is 278 g/mol. The molecule has 0 atom stereocenters. The predicted molar refractivity (Wildman–Crippen MR) is 67.4 cm³/mol. The first-order chi connectivity index (χ1) is 9.08. The van der Waals surface area contributed by atoms with Gasteiger partial charge in [0.1, 0.15) is 16.9 Å². The van der Waals surface area contributed by atoms with Crippen LogP contribution in [0.5, 0.6) is 5.88 Å². The van der Waals surface area contributed by atoms with Crippen molar-refractivity contribution >= 4 is 23.3 Å². The highest BCUT2D eigenvalue weighted by molar-refractivity contribution is 7.12. The summed E-state index contributed by atoms with van der Waals surface area (Å²) < 4.78 is 6.60. The van der Waals surface area contributed by atoms with Crippen LogP contribution >= 0.6 is 11.3 Å². The van der Waals surface area contributed by atoms with Crippen molar-refractivity contribution in [3.05, 3.63) is 28.3 Å². The van der Waals surface area contributed by atoms with Gasteiger partial charge in [0.25, 0.3) is 5.91 Å². The van der Waals surface area contributed by atoms with E-state index in [0.29, 0.717) is 17.1 Å². The molecule has 0 radical (unpaired) electrons. The highest BCUT2D eigenvalue weighted by Crippen LogP contribution is 2.31. The quantitative estimate of drug-likeness (QED) is 0.841. The van der Waals surface area contributed by atoms with Gasteiger partial charge in [0.2, 0.25) is 5.88 Å². The van der Waals surface area contributed by atoms with E-state index in [4.69, 9.17) is 10.5 Å². The first kappa shape index (κ1) is 11.7. The van der Waals surface area contributed by atoms with Crippen molar-refractivity contribution in [2.24, 2.45) is 5.73 Å². The molecule has 0 bridgehead atoms. The van der Waals surface area contributed by atoms with Gasteiger partial charge in [-0.2, -0.15) is 0 Å². The van der Waals surface area contributed by atoms with Crippen molar-refractivity contribution in [2.45, 2.75) is 6.54 Å². The Balaban J connectivity index is 2.17. The predicted octanol–water partition coefficient (Wildman–Crippen LogP) is 0.977. The fourth-order valence-electron chi connectivity index (χ4n) is 2.01. The fourth-order valence-corrected chi connectivity index (χ4v) is 2.89. The lowest BCUT2D eigenvalue weighted by molar-refractivity contribution is 0.0792. The Morgan fingerprint density at radius 2 is 2.37 bits per heavy atom. The Bertz CT molecular complexity index is 675. The van der Waals surface area contributed by atoms with E-state index in [9.17, 15) is 9.59 Å². The van der Waals surface area contributed by atoms with Gasteiger partial charge >= 0.3 is 6.09 Å². The van der Waals surface area contributed by atoms with E-state index in [1.807, 2.05) is 11.4 Å². The summed E-state index contributed by atoms with van der Waals surface area (Å²) in [5, 5.41) is 1.83. The van der Waals surface area contributed by atoms with Crippen LogP contribution in [0.15, 0.2) is 17.8 Å². The molecule has 2 aromatic rings. The number of imidazole rings is 1. The van der Waals surface area contributed by atoms with E-state index in [0.717, 1.165) is 5.69 Å². The molecule has 98 valence electrons. The molecule has 1 aliphatic rings. The van der Waals surface area contributed by atoms with Crippen LogP contribution in [0.1, 0.15) is 15.4 Å². The molecule has 8 heteroatoms. The van der Waals surface area contributed by atoms with E-state index in [2.05, 4.69) is 4.98 Å². The van der Waals surface area contributed by atoms with Crippen LogP contribution in [0.2, 0.25) is 0 Å². The Hall–Kier alpha value is -2.35. The molecule has 0 aliphatic carbocycles. The third-order valence-corrected chi connectivity index (χ3v) is 3.75. The van der Waals surface area contributed by atoms with Gasteiger partial charge < -0.3 is 15.4 Å². The third kappa shape index (κ3) is 1.76. The van der Waals surface area contributed by atoms with Crippen LogP contribution < -0.4 is 10.5 Å². The van der Waals surface area contributed by atoms with Crippen molar-refractivity contribution in [1.82, 2.24) is 14.5 Å². The smallest absolute Gasteiger partial charge is 0.389 e. The average Bonchev–Trinajstić information content (AvgIpc) is 2.93. The third-order valence-electron chi connectivity index (χ3n) is 2.86. The number of primary amides is 1. The lowest BCUT2D eigenvalue weighted by Crippen LogP contribution is -2.25. The first-order valence-corrected chi connectivity index (χ1v) is 6.32. The Labute approximate surface area is 112 Å². The molecule has 0 spiro atoms. The first-order valence-electron chi connectivity index (χ1n) is 5.44. The summed E-state index contributed by atoms with van der Waals surface area (Å²) in [4.78, 5) is 29.2. The molecule has 2 aromatic heterocycles. The number of carbonyl (C=O) groups is 2. The maximum absolute atomic E-state index is 12.2. The fraction of sp³-hybridized carbons (Fsp3) is 0.182. The summed E-state index contributed by atoms with van der Waals surface area (Å²) in [5.74, 6) is 0.0601. The summed E-state index contributed by atoms with van der Waals surface area (Å²) in [6.07, 6.45) is 0.594. The normalized spacial score (nSPS) is 13.7. The molecule has 2 N–H and O–H groups in total. The number of aromatic nitrogens is 2. The number of amides is 2. The molecule has 0 unspecified atom stereocenters. The SMILES string of the molecule is CN1Cc2c(OC(N)=O)ncn2-c2ccsc2C1=O. The minimum Gasteiger partial charge on any atom is -0.389 e. The minimum absolute atomic E-state index is 0.0706. The number of carbonyl (C=O) groups excluding carboxylic acids is 2. The second kappa shape index (κ2) is 4.09. The van der Waals surface area contributed by atoms with E-state index in [-0.39, 0.29) is 11.8 Å². The monoisotopic (exact) mass is 278 g/mol. The van der Waals surface area contributed by atoms with Crippen LogP contribution in [-0.4, -0.2) is 33.5 Å². The largest absolute Gasteiger partial charge is 0.411 e. The van der Waals surface area contributed by atoms with Crippen molar-refractivity contribution in [2.75, 3.05) is 7.05 Å². The van der Waals surface area contributed by atoms with Gasteiger partial charge in [0.05, 0.1) is 12.2 Å². The Morgan fingerprint density at radius 1 is 1.58 bits per heavy atom. The zero-order chi connectivity index (χ0) is 13.6. The van der Waals surface area contributed by atoms with Crippen LogP contribution in [0.25, 0.3) is 5.69 Å². The number of rotatable bonds is 1. The summed E-state index contributed by atoms with van der Waals surface area (Å²) in [7, 11) is 1.68. The number of fused-ring (bicyclic) bond motifs is 3. The van der Waals surface area contributed by atoms with Gasteiger partial charge in [-0.15, -0.1) is 11.3 Å².